The molecule has 1 spiro atoms. The first-order valence-corrected chi connectivity index (χ1v) is 33.6. The number of carboxylic acid groups (broad SMARTS) is 6. The average molecular weight is 1520 g/mol. The van der Waals surface area contributed by atoms with E-state index in [4.69, 9.17) is 18.9 Å². The van der Waals surface area contributed by atoms with E-state index < -0.39 is 218 Å². The molecule has 16 N–H and O–H groups in total. The predicted octanol–water partition coefficient (Wildman–Crippen LogP) is 2.57. The van der Waals surface area contributed by atoms with Crippen LogP contribution >= 0.6 is 0 Å². The highest BCUT2D eigenvalue weighted by Crippen LogP contribution is 2.57. The van der Waals surface area contributed by atoms with Crippen LogP contribution in [-0.4, -0.2) is 180 Å². The summed E-state index contributed by atoms with van der Waals surface area (Å²) in [4.78, 5) is 223. The van der Waals surface area contributed by atoms with Crippen molar-refractivity contribution in [3.05, 3.63) is 155 Å². The Hall–Kier alpha value is -13.5. The summed E-state index contributed by atoms with van der Waals surface area (Å²) >= 11 is 0. The number of nitrogens with one attached hydrogen (secondary N) is 10. The molecular weight excluding hydrogens is 1440 g/mol. The third-order valence-electron chi connectivity index (χ3n) is 16.7. The molecule has 0 aromatic heterocycles. The molecule has 0 saturated carbocycles. The van der Waals surface area contributed by atoms with Crippen LogP contribution in [0, 0.1) is 11.8 Å². The van der Waals surface area contributed by atoms with Crippen LogP contribution in [-0.2, 0) is 100 Å². The van der Waals surface area contributed by atoms with Crippen LogP contribution in [0.15, 0.2) is 121 Å². The molecule has 0 saturated heterocycles. The van der Waals surface area contributed by atoms with Gasteiger partial charge in [0.1, 0.15) is 73.0 Å². The highest BCUT2D eigenvalue weighted by Gasteiger charge is 2.54. The Morgan fingerprint density at radius 3 is 1.07 bits per heavy atom. The van der Waals surface area contributed by atoms with Crippen LogP contribution < -0.4 is 57.9 Å². The van der Waals surface area contributed by atoms with Crippen LogP contribution in [0.25, 0.3) is 0 Å². The number of hydrogen-bond donors (Lipinski definition) is 16. The quantitative estimate of drug-likeness (QED) is 0.0199. The topological polar surface area (TPSA) is 569 Å². The van der Waals surface area contributed by atoms with Crippen molar-refractivity contribution in [3.8, 4) is 11.5 Å². The molecule has 109 heavy (non-hydrogen) atoms. The van der Waals surface area contributed by atoms with Gasteiger partial charge in [0.2, 0.25) is 47.3 Å². The largest absolute Gasteiger partial charge is 0.481 e. The van der Waals surface area contributed by atoms with Gasteiger partial charge in [-0.15, -0.1) is 0 Å². The molecular formula is C72H78N10O27. The standard InChI is InChI=1S/C72H78N10O27/c1-35(2)59(81-61(95)45(23-25-53(83)84)75-65(99)49(31-57(91)92)79-70(104)106-33-37-13-7-5-8-14-37)67(101)77-47(29-55(87)88)63(97)73-39-19-21-43-51(27-39)108-52-28-40(20-22-44(52)72(43)42-18-12-11-17-41(42)69(103)109-72)74-64(98)48(30-56(89)90)78-68(102)60(36(3)4)82-62(96)46(24-26-54(85)86)76-66(100)50(32-58(93)94)80-71(105)107-34-38-15-9-6-10-16-38/h5-22,27-28,35-36,45-50,59-60H,23-26,29-34H2,1-4H3,(H,73,97)(H,74,98)(H,75,99)(H,76,100)(H,77,101)(H,78,102)(H,79,104)(H,80,105)(H,81,95)(H,82,96)(H,83,84)(H,85,86)(H,87,88)(H,89,90)(H,91,92)(H,93,94). The van der Waals surface area contributed by atoms with Gasteiger partial charge in [0.05, 0.1) is 31.2 Å². The third kappa shape index (κ3) is 23.2. The van der Waals surface area contributed by atoms with E-state index in [-0.39, 0.29) is 58.3 Å². The first-order chi connectivity index (χ1) is 51.6. The number of amides is 10. The molecule has 5 aromatic carbocycles. The Morgan fingerprint density at radius 1 is 0.376 bits per heavy atom. The number of benzene rings is 5. The molecule has 0 radical (unpaired) electrons. The number of carboxylic acids is 6. The van der Waals surface area contributed by atoms with Crippen molar-refractivity contribution >= 4 is 113 Å². The summed E-state index contributed by atoms with van der Waals surface area (Å²) in [5.41, 5.74) is -0.370. The van der Waals surface area contributed by atoms with Crippen LogP contribution in [0.3, 0.4) is 0 Å². The molecule has 2 heterocycles. The second-order valence-electron chi connectivity index (χ2n) is 25.6. The second-order valence-corrected chi connectivity index (χ2v) is 25.6. The molecule has 2 aliphatic rings. The van der Waals surface area contributed by atoms with Crippen molar-refractivity contribution in [3.63, 3.8) is 0 Å². The fourth-order valence-corrected chi connectivity index (χ4v) is 11.4. The summed E-state index contributed by atoms with van der Waals surface area (Å²) < 4.78 is 22.8. The minimum absolute atomic E-state index is 0.106. The van der Waals surface area contributed by atoms with Gasteiger partial charge in [0.25, 0.3) is 0 Å². The van der Waals surface area contributed by atoms with E-state index in [0.717, 1.165) is 0 Å². The van der Waals surface area contributed by atoms with E-state index in [1.165, 1.54) is 70.2 Å². The molecule has 10 amide bonds. The lowest BCUT2D eigenvalue weighted by molar-refractivity contribution is -0.141. The van der Waals surface area contributed by atoms with Gasteiger partial charge in [-0.2, -0.15) is 0 Å². The van der Waals surface area contributed by atoms with Crippen LogP contribution in [0.4, 0.5) is 21.0 Å². The maximum Gasteiger partial charge on any atom is 0.408 e. The minimum atomic E-state index is -1.94. The number of alkyl carbamates (subject to hydrolysis) is 2. The summed E-state index contributed by atoms with van der Waals surface area (Å²) in [7, 11) is 0. The molecule has 7 rings (SSSR count). The number of carbonyl (C=O) groups is 17. The van der Waals surface area contributed by atoms with E-state index in [1.807, 2.05) is 0 Å². The van der Waals surface area contributed by atoms with Gasteiger partial charge in [-0.1, -0.05) is 107 Å². The lowest BCUT2D eigenvalue weighted by atomic mass is 9.77. The summed E-state index contributed by atoms with van der Waals surface area (Å²) in [6.07, 6.45) is -9.52. The smallest absolute Gasteiger partial charge is 0.408 e. The number of anilines is 2. The van der Waals surface area contributed by atoms with E-state index in [0.29, 0.717) is 11.1 Å². The Morgan fingerprint density at radius 2 is 0.716 bits per heavy atom. The van der Waals surface area contributed by atoms with Crippen molar-refractivity contribution in [2.45, 2.75) is 146 Å². The Kier molecular flexibility index (Phi) is 28.8. The Bertz CT molecular complexity index is 4090. The van der Waals surface area contributed by atoms with Crippen LogP contribution in [0.5, 0.6) is 11.5 Å². The second kappa shape index (κ2) is 38.0. The zero-order chi connectivity index (χ0) is 80.0. The first kappa shape index (κ1) is 82.8. The minimum Gasteiger partial charge on any atom is -0.481 e. The zero-order valence-corrected chi connectivity index (χ0v) is 58.6. The number of rotatable bonds is 38. The van der Waals surface area contributed by atoms with E-state index in [1.54, 1.807) is 78.9 Å². The summed E-state index contributed by atoms with van der Waals surface area (Å²) in [5.74, 6) is -21.7. The summed E-state index contributed by atoms with van der Waals surface area (Å²) in [5, 5.41) is 81.2. The monoisotopic (exact) mass is 1510 g/mol. The van der Waals surface area contributed by atoms with Gasteiger partial charge in [-0.25, -0.2) is 14.4 Å². The number of hydrogen-bond acceptors (Lipinski definition) is 21. The van der Waals surface area contributed by atoms with Crippen molar-refractivity contribution in [1.82, 2.24) is 42.5 Å². The van der Waals surface area contributed by atoms with E-state index >= 15 is 0 Å². The van der Waals surface area contributed by atoms with Crippen LogP contribution in [0.1, 0.15) is 117 Å². The van der Waals surface area contributed by atoms with Gasteiger partial charge >= 0.3 is 54.0 Å². The van der Waals surface area contributed by atoms with E-state index in [2.05, 4.69) is 53.2 Å². The molecule has 0 fully saturated rings. The SMILES string of the molecule is CC(C)C(NC(=O)C(CCC(=O)O)NC(=O)C(CC(=O)O)NC(=O)OCc1ccccc1)C(=O)NC(CC(=O)O)C(=O)Nc1ccc2c(c1)Oc1cc(NC(=O)C(CC(=O)O)NC(=O)C(NC(=O)C(CCC(=O)O)NC(=O)C(CC(=O)O)NC(=O)OCc3ccccc3)C(C)C)ccc1C21OC(=O)c2ccccc21. The number of ether oxygens (including phenoxy) is 4. The summed E-state index contributed by atoms with van der Waals surface area (Å²) in [6.45, 7) is 5.14. The molecule has 8 atom stereocenters. The van der Waals surface area contributed by atoms with Gasteiger partial charge < -0.3 is 103 Å². The molecule has 2 aliphatic heterocycles. The average Bonchev–Trinajstić information content (AvgIpc) is 1.62. The van der Waals surface area contributed by atoms with Crippen molar-refractivity contribution in [1.29, 1.82) is 0 Å². The normalized spacial score (nSPS) is 15.1. The van der Waals surface area contributed by atoms with Crippen molar-refractivity contribution in [2.24, 2.45) is 11.8 Å². The van der Waals surface area contributed by atoms with Gasteiger partial charge in [0.15, 0.2) is 5.60 Å². The maximum atomic E-state index is 14.3. The molecule has 578 valence electrons. The lowest BCUT2D eigenvalue weighted by Crippen LogP contribution is -2.59. The first-order valence-electron chi connectivity index (χ1n) is 33.6. The number of esters is 1. The lowest BCUT2D eigenvalue weighted by Gasteiger charge is -2.37. The molecule has 8 unspecified atom stereocenters. The Labute approximate surface area is 618 Å². The van der Waals surface area contributed by atoms with Crippen molar-refractivity contribution in [2.75, 3.05) is 10.6 Å². The molecule has 0 aliphatic carbocycles. The highest BCUT2D eigenvalue weighted by molar-refractivity contribution is 6.04. The third-order valence-corrected chi connectivity index (χ3v) is 16.7. The molecule has 5 aromatic rings. The van der Waals surface area contributed by atoms with Gasteiger partial charge in [0, 0.05) is 53.0 Å². The number of aliphatic carboxylic acids is 6. The fourth-order valence-electron chi connectivity index (χ4n) is 11.4. The summed E-state index contributed by atoms with van der Waals surface area (Å²) in [6, 6.07) is 16.0. The molecule has 37 heteroatoms. The van der Waals surface area contributed by atoms with Gasteiger partial charge in [-0.3, -0.25) is 67.1 Å². The van der Waals surface area contributed by atoms with Crippen molar-refractivity contribution < 1.29 is 131 Å². The molecule has 37 nitrogen and oxygen atoms in total. The van der Waals surface area contributed by atoms with Crippen LogP contribution in [0.2, 0.25) is 0 Å². The Balaban J connectivity index is 1.08. The molecule has 0 bridgehead atoms. The highest BCUT2D eigenvalue weighted by atomic mass is 16.6. The van der Waals surface area contributed by atoms with Gasteiger partial charge in [-0.05, 0) is 66.1 Å². The fraction of sp³-hybridized carbons (Fsp3) is 0.347. The predicted molar refractivity (Wildman–Crippen MR) is 373 cm³/mol. The number of carbonyl (C=O) groups excluding carboxylic acids is 11. The maximum absolute atomic E-state index is 14.3. The van der Waals surface area contributed by atoms with E-state index in [9.17, 15) is 112 Å². The zero-order valence-electron chi connectivity index (χ0n) is 58.6. The number of fused-ring (bicyclic) bond motifs is 6.